The van der Waals surface area contributed by atoms with Gasteiger partial charge in [-0.3, -0.25) is 14.4 Å². The van der Waals surface area contributed by atoms with E-state index in [1.54, 1.807) is 60.4 Å². The zero-order valence-electron chi connectivity index (χ0n) is 15.4. The molecule has 3 rings (SSSR count). The van der Waals surface area contributed by atoms with E-state index >= 15 is 0 Å². The summed E-state index contributed by atoms with van der Waals surface area (Å²) in [5.74, 6) is -0.967. The first-order valence-corrected chi connectivity index (χ1v) is 9.26. The van der Waals surface area contributed by atoms with E-state index in [9.17, 15) is 14.4 Å². The molecule has 2 aromatic carbocycles. The summed E-state index contributed by atoms with van der Waals surface area (Å²) < 4.78 is 5.10. The molecule has 140 valence electrons. The van der Waals surface area contributed by atoms with Gasteiger partial charge in [0.2, 0.25) is 0 Å². The molecular weight excluding hydrogens is 342 g/mol. The highest BCUT2D eigenvalue weighted by Crippen LogP contribution is 2.22. The van der Waals surface area contributed by atoms with Gasteiger partial charge < -0.3 is 9.64 Å². The maximum atomic E-state index is 13.1. The van der Waals surface area contributed by atoms with Gasteiger partial charge in [0, 0.05) is 24.2 Å². The highest BCUT2D eigenvalue weighted by atomic mass is 16.5. The number of benzene rings is 2. The van der Waals surface area contributed by atoms with E-state index in [0.717, 1.165) is 6.42 Å². The molecule has 1 aliphatic heterocycles. The third kappa shape index (κ3) is 4.25. The van der Waals surface area contributed by atoms with Gasteiger partial charge in [0.1, 0.15) is 0 Å². The number of likely N-dealkylation sites (tertiary alicyclic amines) is 1. The Bertz CT molecular complexity index is 831. The number of nitrogens with zero attached hydrogens (tertiary/aromatic N) is 1. The van der Waals surface area contributed by atoms with Gasteiger partial charge in [0.25, 0.3) is 5.91 Å². The number of rotatable bonds is 5. The lowest BCUT2D eigenvalue weighted by atomic mass is 9.94. The van der Waals surface area contributed by atoms with E-state index in [0.29, 0.717) is 42.8 Å². The van der Waals surface area contributed by atoms with Crippen LogP contribution in [0.25, 0.3) is 0 Å². The Labute approximate surface area is 158 Å². The summed E-state index contributed by atoms with van der Waals surface area (Å²) in [6, 6.07) is 15.8. The van der Waals surface area contributed by atoms with Gasteiger partial charge in [-0.25, -0.2) is 0 Å². The number of hydrogen-bond acceptors (Lipinski definition) is 4. The van der Waals surface area contributed by atoms with Crippen molar-refractivity contribution in [2.75, 3.05) is 19.7 Å². The lowest BCUT2D eigenvalue weighted by molar-refractivity contribution is -0.149. The summed E-state index contributed by atoms with van der Waals surface area (Å²) >= 11 is 0. The Morgan fingerprint density at radius 2 is 1.67 bits per heavy atom. The van der Waals surface area contributed by atoms with E-state index in [-0.39, 0.29) is 23.6 Å². The smallest absolute Gasteiger partial charge is 0.310 e. The Morgan fingerprint density at radius 3 is 2.37 bits per heavy atom. The van der Waals surface area contributed by atoms with Crippen molar-refractivity contribution in [2.45, 2.75) is 19.8 Å². The van der Waals surface area contributed by atoms with Crippen LogP contribution in [0.15, 0.2) is 54.6 Å². The first-order chi connectivity index (χ1) is 13.1. The van der Waals surface area contributed by atoms with Crippen LogP contribution >= 0.6 is 0 Å². The fraction of sp³-hybridized carbons (Fsp3) is 0.318. The van der Waals surface area contributed by atoms with Crippen molar-refractivity contribution in [3.63, 3.8) is 0 Å². The number of ketones is 1. The zero-order chi connectivity index (χ0) is 19.2. The molecule has 1 amide bonds. The van der Waals surface area contributed by atoms with Gasteiger partial charge in [-0.1, -0.05) is 48.5 Å². The van der Waals surface area contributed by atoms with Crippen molar-refractivity contribution in [1.82, 2.24) is 4.90 Å². The molecule has 1 fully saturated rings. The zero-order valence-corrected chi connectivity index (χ0v) is 15.4. The van der Waals surface area contributed by atoms with Crippen LogP contribution in [-0.4, -0.2) is 42.3 Å². The van der Waals surface area contributed by atoms with Crippen LogP contribution in [0.4, 0.5) is 0 Å². The summed E-state index contributed by atoms with van der Waals surface area (Å²) in [7, 11) is 0. The highest BCUT2D eigenvalue weighted by molar-refractivity contribution is 6.15. The lowest BCUT2D eigenvalue weighted by Gasteiger charge is -2.32. The molecule has 27 heavy (non-hydrogen) atoms. The van der Waals surface area contributed by atoms with Crippen molar-refractivity contribution < 1.29 is 19.1 Å². The molecule has 2 aromatic rings. The van der Waals surface area contributed by atoms with Gasteiger partial charge in [-0.05, 0) is 25.8 Å². The predicted molar refractivity (Wildman–Crippen MR) is 102 cm³/mol. The van der Waals surface area contributed by atoms with Crippen LogP contribution in [0.3, 0.4) is 0 Å². The molecule has 0 radical (unpaired) electrons. The molecule has 0 N–H and O–H groups in total. The Kier molecular flexibility index (Phi) is 6.01. The number of carbonyl (C=O) groups excluding carboxylic acids is 3. The van der Waals surface area contributed by atoms with Gasteiger partial charge in [0.15, 0.2) is 5.78 Å². The summed E-state index contributed by atoms with van der Waals surface area (Å²) in [5, 5.41) is 0. The molecule has 1 aliphatic rings. The summed E-state index contributed by atoms with van der Waals surface area (Å²) in [6.45, 7) is 3.00. The summed E-state index contributed by atoms with van der Waals surface area (Å²) in [5.41, 5.74) is 1.30. The Balaban J connectivity index is 1.83. The van der Waals surface area contributed by atoms with Crippen LogP contribution in [-0.2, 0) is 9.53 Å². The molecular formula is C22H23NO4. The second kappa shape index (κ2) is 8.62. The monoisotopic (exact) mass is 365 g/mol. The Hall–Kier alpha value is -2.95. The SMILES string of the molecule is CCOC(=O)[C@@H]1CCCN(C(=O)c2ccccc2C(=O)c2ccccc2)C1. The maximum Gasteiger partial charge on any atom is 0.310 e. The normalized spacial score (nSPS) is 16.6. The molecule has 0 aliphatic carbocycles. The second-order valence-corrected chi connectivity index (χ2v) is 6.58. The summed E-state index contributed by atoms with van der Waals surface area (Å²) in [4.78, 5) is 39.7. The molecule has 1 heterocycles. The van der Waals surface area contributed by atoms with Gasteiger partial charge in [0.05, 0.1) is 18.1 Å². The third-order valence-corrected chi connectivity index (χ3v) is 4.77. The molecule has 5 heteroatoms. The van der Waals surface area contributed by atoms with E-state index in [2.05, 4.69) is 0 Å². The predicted octanol–water partition coefficient (Wildman–Crippen LogP) is 3.33. The molecule has 5 nitrogen and oxygen atoms in total. The molecule has 1 atom stereocenters. The van der Waals surface area contributed by atoms with Crippen LogP contribution < -0.4 is 0 Å². The topological polar surface area (TPSA) is 63.7 Å². The Morgan fingerprint density at radius 1 is 1.00 bits per heavy atom. The third-order valence-electron chi connectivity index (χ3n) is 4.77. The fourth-order valence-corrected chi connectivity index (χ4v) is 3.40. The lowest BCUT2D eigenvalue weighted by Crippen LogP contribution is -2.43. The maximum absolute atomic E-state index is 13.1. The van der Waals surface area contributed by atoms with Gasteiger partial charge >= 0.3 is 5.97 Å². The first-order valence-electron chi connectivity index (χ1n) is 9.26. The van der Waals surface area contributed by atoms with Crippen molar-refractivity contribution in [1.29, 1.82) is 0 Å². The number of carbonyl (C=O) groups is 3. The van der Waals surface area contributed by atoms with Gasteiger partial charge in [-0.2, -0.15) is 0 Å². The first kappa shape index (κ1) is 18.8. The average molecular weight is 365 g/mol. The van der Waals surface area contributed by atoms with Crippen molar-refractivity contribution in [2.24, 2.45) is 5.92 Å². The molecule has 0 unspecified atom stereocenters. The van der Waals surface area contributed by atoms with Crippen LogP contribution in [0, 0.1) is 5.92 Å². The fourth-order valence-electron chi connectivity index (χ4n) is 3.40. The quantitative estimate of drug-likeness (QED) is 0.602. The minimum Gasteiger partial charge on any atom is -0.466 e. The number of ether oxygens (including phenoxy) is 1. The number of hydrogen-bond donors (Lipinski definition) is 0. The largest absolute Gasteiger partial charge is 0.466 e. The molecule has 0 saturated carbocycles. The second-order valence-electron chi connectivity index (χ2n) is 6.58. The van der Waals surface area contributed by atoms with E-state index < -0.39 is 0 Å². The summed E-state index contributed by atoms with van der Waals surface area (Å²) in [6.07, 6.45) is 1.46. The number of piperidine rings is 1. The van der Waals surface area contributed by atoms with Crippen LogP contribution in [0.1, 0.15) is 46.0 Å². The van der Waals surface area contributed by atoms with Crippen molar-refractivity contribution in [3.05, 3.63) is 71.3 Å². The molecule has 1 saturated heterocycles. The minimum absolute atomic E-state index is 0.182. The number of amides is 1. The standard InChI is InChI=1S/C22H23NO4/c1-2-27-22(26)17-11-8-14-23(15-17)21(25)19-13-7-6-12-18(19)20(24)16-9-4-3-5-10-16/h3-7,9-10,12-13,17H,2,8,11,14-15H2,1H3/t17-/m1/s1. The molecule has 0 spiro atoms. The number of esters is 1. The van der Waals surface area contributed by atoms with E-state index in [1.807, 2.05) is 6.07 Å². The van der Waals surface area contributed by atoms with Gasteiger partial charge in [-0.15, -0.1) is 0 Å². The van der Waals surface area contributed by atoms with E-state index in [4.69, 9.17) is 4.74 Å². The minimum atomic E-state index is -0.306. The average Bonchev–Trinajstić information content (AvgIpc) is 2.73. The van der Waals surface area contributed by atoms with Crippen molar-refractivity contribution >= 4 is 17.7 Å². The van der Waals surface area contributed by atoms with E-state index in [1.165, 1.54) is 0 Å². The van der Waals surface area contributed by atoms with Crippen molar-refractivity contribution in [3.8, 4) is 0 Å². The van der Waals surface area contributed by atoms with Crippen LogP contribution in [0.2, 0.25) is 0 Å². The molecule has 0 bridgehead atoms. The molecule has 0 aromatic heterocycles. The highest BCUT2D eigenvalue weighted by Gasteiger charge is 2.31. The van der Waals surface area contributed by atoms with Crippen LogP contribution in [0.5, 0.6) is 0 Å².